The lowest BCUT2D eigenvalue weighted by molar-refractivity contribution is 0.0899. The van der Waals surface area contributed by atoms with Crippen molar-refractivity contribution in [2.45, 2.75) is 32.4 Å². The number of hydrogen-bond donors (Lipinski definition) is 0. The van der Waals surface area contributed by atoms with Crippen LogP contribution in [0, 0.1) is 12.3 Å². The van der Waals surface area contributed by atoms with Crippen LogP contribution in [0.3, 0.4) is 0 Å². The Balaban J connectivity index is 1.90. The zero-order valence-corrected chi connectivity index (χ0v) is 17.4. The van der Waals surface area contributed by atoms with Crippen LogP contribution in [0.15, 0.2) is 30.9 Å². The monoisotopic (exact) mass is 382 g/mol. The van der Waals surface area contributed by atoms with Crippen molar-refractivity contribution in [2.75, 3.05) is 13.2 Å². The number of hydrogen-bond acceptors (Lipinski definition) is 4. The summed E-state index contributed by atoms with van der Waals surface area (Å²) in [6.07, 6.45) is 12.9. The highest BCUT2D eigenvalue weighted by Gasteiger charge is 2.15. The van der Waals surface area contributed by atoms with E-state index in [1.54, 1.807) is 10.9 Å². The van der Waals surface area contributed by atoms with E-state index in [1.165, 1.54) is 0 Å². The van der Waals surface area contributed by atoms with Gasteiger partial charge in [0.25, 0.3) is 0 Å². The number of aromatic nitrogens is 4. The number of ether oxygens (including phenoxy) is 2. The minimum absolute atomic E-state index is 0.218. The van der Waals surface area contributed by atoms with Crippen LogP contribution in [0.2, 0.25) is 25.7 Å². The van der Waals surface area contributed by atoms with Gasteiger partial charge in [-0.25, -0.2) is 4.98 Å². The van der Waals surface area contributed by atoms with E-state index in [0.717, 1.165) is 34.8 Å². The highest BCUT2D eigenvalue weighted by molar-refractivity contribution is 6.76. The zero-order chi connectivity index (χ0) is 19.4. The minimum atomic E-state index is -1.11. The Kier molecular flexibility index (Phi) is 5.68. The number of nitrogens with zero attached hydrogens (tertiary/aromatic N) is 4. The van der Waals surface area contributed by atoms with Gasteiger partial charge in [0.15, 0.2) is 0 Å². The van der Waals surface area contributed by atoms with Crippen LogP contribution < -0.4 is 4.74 Å². The topological polar surface area (TPSA) is 54.1 Å². The molecule has 0 N–H and O–H groups in total. The fourth-order valence-corrected chi connectivity index (χ4v) is 3.54. The van der Waals surface area contributed by atoms with Gasteiger partial charge in [0.05, 0.1) is 12.4 Å². The van der Waals surface area contributed by atoms with Gasteiger partial charge in [-0.15, -0.1) is 6.42 Å². The maximum Gasteiger partial charge on any atom is 0.148 e. The second kappa shape index (κ2) is 7.99. The first-order chi connectivity index (χ1) is 12.9. The van der Waals surface area contributed by atoms with E-state index in [9.17, 15) is 0 Å². The van der Waals surface area contributed by atoms with Crippen molar-refractivity contribution in [3.63, 3.8) is 0 Å². The van der Waals surface area contributed by atoms with Gasteiger partial charge in [-0.2, -0.15) is 5.10 Å². The van der Waals surface area contributed by atoms with Crippen LogP contribution in [0.25, 0.3) is 22.2 Å². The molecular weight excluding hydrogens is 356 g/mol. The summed E-state index contributed by atoms with van der Waals surface area (Å²) in [6, 6.07) is 3.11. The molecule has 0 aliphatic rings. The van der Waals surface area contributed by atoms with E-state index in [0.29, 0.717) is 12.5 Å². The molecular formula is C20H26N4O2Si. The van der Waals surface area contributed by atoms with E-state index in [4.69, 9.17) is 15.9 Å². The lowest BCUT2D eigenvalue weighted by atomic mass is 10.1. The maximum atomic E-state index is 5.93. The van der Waals surface area contributed by atoms with Gasteiger partial charge in [0.1, 0.15) is 24.7 Å². The number of aryl methyl sites for hydroxylation is 1. The van der Waals surface area contributed by atoms with Crippen LogP contribution >= 0.6 is 0 Å². The van der Waals surface area contributed by atoms with Crippen LogP contribution in [-0.2, 0) is 18.5 Å². The molecule has 0 atom stereocenters. The molecule has 3 rings (SSSR count). The molecule has 142 valence electrons. The third-order valence-corrected chi connectivity index (χ3v) is 5.96. The molecule has 7 heteroatoms. The fourth-order valence-electron chi connectivity index (χ4n) is 2.79. The molecule has 0 saturated heterocycles. The molecule has 0 aliphatic carbocycles. The van der Waals surface area contributed by atoms with Crippen molar-refractivity contribution in [2.24, 2.45) is 7.05 Å². The van der Waals surface area contributed by atoms with Gasteiger partial charge in [0, 0.05) is 50.6 Å². The van der Waals surface area contributed by atoms with Crippen LogP contribution in [0.1, 0.15) is 0 Å². The normalized spacial score (nSPS) is 11.7. The molecule has 0 spiro atoms. The Labute approximate surface area is 161 Å². The Hall–Kier alpha value is -2.56. The van der Waals surface area contributed by atoms with Gasteiger partial charge >= 0.3 is 0 Å². The molecule has 27 heavy (non-hydrogen) atoms. The van der Waals surface area contributed by atoms with Gasteiger partial charge < -0.3 is 14.0 Å². The molecule has 6 nitrogen and oxygen atoms in total. The van der Waals surface area contributed by atoms with Gasteiger partial charge in [0.2, 0.25) is 0 Å². The average molecular weight is 383 g/mol. The van der Waals surface area contributed by atoms with Crippen LogP contribution in [0.4, 0.5) is 0 Å². The first-order valence-corrected chi connectivity index (χ1v) is 12.7. The highest BCUT2D eigenvalue weighted by atomic mass is 28.3. The molecule has 0 aromatic carbocycles. The van der Waals surface area contributed by atoms with E-state index in [-0.39, 0.29) is 6.61 Å². The molecule has 3 aromatic rings. The Morgan fingerprint density at radius 3 is 2.70 bits per heavy atom. The van der Waals surface area contributed by atoms with Crippen LogP contribution in [-0.4, -0.2) is 40.6 Å². The molecule has 0 radical (unpaired) electrons. The summed E-state index contributed by atoms with van der Waals surface area (Å²) in [5.74, 6) is 3.14. The molecule has 0 amide bonds. The summed E-state index contributed by atoms with van der Waals surface area (Å²) < 4.78 is 15.3. The maximum absolute atomic E-state index is 5.93. The van der Waals surface area contributed by atoms with E-state index in [2.05, 4.69) is 41.8 Å². The van der Waals surface area contributed by atoms with Crippen molar-refractivity contribution in [1.29, 1.82) is 0 Å². The van der Waals surface area contributed by atoms with E-state index < -0.39 is 8.07 Å². The first kappa shape index (κ1) is 19.2. The molecule has 0 saturated carbocycles. The Morgan fingerprint density at radius 1 is 1.22 bits per heavy atom. The molecule has 3 heterocycles. The number of terminal acetylenes is 1. The number of pyridine rings is 1. The SMILES string of the molecule is C#CCOc1cnc2c(c1)c(-c1cnn(C)c1)cn2COCC[Si](C)(C)C. The van der Waals surface area contributed by atoms with E-state index >= 15 is 0 Å². The van der Waals surface area contributed by atoms with Gasteiger partial charge in [-0.3, -0.25) is 4.68 Å². The largest absolute Gasteiger partial charge is 0.479 e. The molecule has 3 aromatic heterocycles. The van der Waals surface area contributed by atoms with Crippen molar-refractivity contribution < 1.29 is 9.47 Å². The minimum Gasteiger partial charge on any atom is -0.479 e. The van der Waals surface area contributed by atoms with Crippen LogP contribution in [0.5, 0.6) is 5.75 Å². The van der Waals surface area contributed by atoms with Crippen molar-refractivity contribution >= 4 is 19.1 Å². The Bertz CT molecular complexity index is 963. The summed E-state index contributed by atoms with van der Waals surface area (Å²) in [7, 11) is 0.797. The standard InChI is InChI=1S/C20H26N4O2Si/c1-6-7-26-17-10-18-19(16-11-22-23(2)13-16)14-24(20(18)21-12-17)15-25-8-9-27(3,4)5/h1,10-14H,7-9,15H2,2-5H3. The average Bonchev–Trinajstić information content (AvgIpc) is 3.19. The summed E-state index contributed by atoms with van der Waals surface area (Å²) in [6.45, 7) is 8.50. The predicted octanol–water partition coefficient (Wildman–Crippen LogP) is 3.76. The predicted molar refractivity (Wildman–Crippen MR) is 110 cm³/mol. The molecule has 0 bridgehead atoms. The third kappa shape index (κ3) is 4.79. The second-order valence-corrected chi connectivity index (χ2v) is 13.4. The quantitative estimate of drug-likeness (QED) is 0.338. The summed E-state index contributed by atoms with van der Waals surface area (Å²) in [5.41, 5.74) is 2.93. The Morgan fingerprint density at radius 2 is 2.04 bits per heavy atom. The van der Waals surface area contributed by atoms with Gasteiger partial charge in [-0.1, -0.05) is 25.6 Å². The summed E-state index contributed by atoms with van der Waals surface area (Å²) >= 11 is 0. The number of fused-ring (bicyclic) bond motifs is 1. The highest BCUT2D eigenvalue weighted by Crippen LogP contribution is 2.31. The summed E-state index contributed by atoms with van der Waals surface area (Å²) in [4.78, 5) is 4.59. The summed E-state index contributed by atoms with van der Waals surface area (Å²) in [5, 5.41) is 5.28. The number of rotatable bonds is 8. The second-order valence-electron chi connectivity index (χ2n) is 7.80. The van der Waals surface area contributed by atoms with Crippen molar-refractivity contribution in [3.05, 3.63) is 30.9 Å². The zero-order valence-electron chi connectivity index (χ0n) is 16.4. The lowest BCUT2D eigenvalue weighted by Crippen LogP contribution is -2.22. The van der Waals surface area contributed by atoms with Crippen molar-refractivity contribution in [3.8, 4) is 29.2 Å². The van der Waals surface area contributed by atoms with Gasteiger partial charge in [-0.05, 0) is 12.1 Å². The molecule has 0 unspecified atom stereocenters. The smallest absolute Gasteiger partial charge is 0.148 e. The van der Waals surface area contributed by atoms with E-state index in [1.807, 2.05) is 30.1 Å². The third-order valence-electron chi connectivity index (χ3n) is 4.25. The first-order valence-electron chi connectivity index (χ1n) is 8.99. The fraction of sp³-hybridized carbons (Fsp3) is 0.400. The molecule has 0 fully saturated rings. The van der Waals surface area contributed by atoms with Crippen molar-refractivity contribution in [1.82, 2.24) is 19.3 Å². The molecule has 0 aliphatic heterocycles. The lowest BCUT2D eigenvalue weighted by Gasteiger charge is -2.15.